The third-order valence-electron chi connectivity index (χ3n) is 2.54. The van der Waals surface area contributed by atoms with Gasteiger partial charge in [-0.1, -0.05) is 18.2 Å². The van der Waals surface area contributed by atoms with Gasteiger partial charge in [0.25, 0.3) is 0 Å². The minimum absolute atomic E-state index is 0.244. The Morgan fingerprint density at radius 1 is 1.33 bits per heavy atom. The Labute approximate surface area is 90.0 Å². The van der Waals surface area contributed by atoms with E-state index >= 15 is 0 Å². The van der Waals surface area contributed by atoms with Gasteiger partial charge < -0.3 is 14.2 Å². The maximum absolute atomic E-state index is 5.71. The lowest BCUT2D eigenvalue weighted by Gasteiger charge is -2.29. The first-order valence-electron chi connectivity index (χ1n) is 5.21. The molecule has 0 bridgehead atoms. The van der Waals surface area contributed by atoms with Gasteiger partial charge >= 0.3 is 0 Å². The monoisotopic (exact) mass is 208 g/mol. The molecule has 3 heteroatoms. The van der Waals surface area contributed by atoms with Gasteiger partial charge in [-0.25, -0.2) is 0 Å². The number of rotatable bonds is 2. The van der Waals surface area contributed by atoms with Gasteiger partial charge in [0, 0.05) is 5.56 Å². The summed E-state index contributed by atoms with van der Waals surface area (Å²) in [7, 11) is 1.66. The number of para-hydroxylation sites is 1. The van der Waals surface area contributed by atoms with E-state index in [0.717, 1.165) is 24.3 Å². The molecule has 1 aliphatic rings. The number of benzene rings is 1. The summed E-state index contributed by atoms with van der Waals surface area (Å²) < 4.78 is 16.6. The largest absolute Gasteiger partial charge is 0.496 e. The normalized spacial score (nSPS) is 26.3. The molecule has 0 aliphatic carbocycles. The van der Waals surface area contributed by atoms with Crippen LogP contribution in [0.3, 0.4) is 0 Å². The average molecular weight is 208 g/mol. The summed E-state index contributed by atoms with van der Waals surface area (Å²) in [6.45, 7) is 2.80. The molecule has 0 unspecified atom stereocenters. The third-order valence-corrected chi connectivity index (χ3v) is 2.54. The molecule has 0 amide bonds. The van der Waals surface area contributed by atoms with Crippen molar-refractivity contribution in [3.63, 3.8) is 0 Å². The summed E-state index contributed by atoms with van der Waals surface area (Å²) in [5.41, 5.74) is 0.964. The number of methoxy groups -OCH3 is 1. The molecule has 1 heterocycles. The molecule has 0 radical (unpaired) electrons. The van der Waals surface area contributed by atoms with Gasteiger partial charge in [0.2, 0.25) is 0 Å². The summed E-state index contributed by atoms with van der Waals surface area (Å²) in [6, 6.07) is 7.79. The maximum atomic E-state index is 5.71. The Bertz CT molecular complexity index is 324. The quantitative estimate of drug-likeness (QED) is 0.747. The first kappa shape index (κ1) is 10.5. The molecule has 1 fully saturated rings. The third kappa shape index (κ3) is 2.30. The van der Waals surface area contributed by atoms with Gasteiger partial charge in [0.1, 0.15) is 5.75 Å². The van der Waals surface area contributed by atoms with Crippen molar-refractivity contribution in [3.05, 3.63) is 29.8 Å². The topological polar surface area (TPSA) is 27.7 Å². The van der Waals surface area contributed by atoms with Gasteiger partial charge in [-0.15, -0.1) is 0 Å². The van der Waals surface area contributed by atoms with Crippen LogP contribution in [0, 0.1) is 0 Å². The van der Waals surface area contributed by atoms with Crippen molar-refractivity contribution in [1.82, 2.24) is 0 Å². The van der Waals surface area contributed by atoms with Crippen molar-refractivity contribution in [2.24, 2.45) is 0 Å². The fourth-order valence-corrected chi connectivity index (χ4v) is 1.68. The number of hydrogen-bond donors (Lipinski definition) is 0. The van der Waals surface area contributed by atoms with E-state index in [1.165, 1.54) is 0 Å². The lowest BCUT2D eigenvalue weighted by Crippen LogP contribution is -2.24. The summed E-state index contributed by atoms with van der Waals surface area (Å²) in [6.07, 6.45) is 0.907. The van der Waals surface area contributed by atoms with Crippen LogP contribution in [-0.2, 0) is 9.47 Å². The summed E-state index contributed by atoms with van der Waals surface area (Å²) in [5, 5.41) is 0. The van der Waals surface area contributed by atoms with Gasteiger partial charge in [0.15, 0.2) is 6.29 Å². The van der Waals surface area contributed by atoms with E-state index in [4.69, 9.17) is 14.2 Å². The van der Waals surface area contributed by atoms with Crippen LogP contribution in [0.5, 0.6) is 5.75 Å². The van der Waals surface area contributed by atoms with Crippen LogP contribution in [0.15, 0.2) is 24.3 Å². The lowest BCUT2D eigenvalue weighted by atomic mass is 10.1. The second-order valence-corrected chi connectivity index (χ2v) is 3.68. The molecule has 2 atom stereocenters. The molecule has 0 aromatic heterocycles. The molecule has 1 saturated heterocycles. The minimum atomic E-state index is -0.287. The minimum Gasteiger partial charge on any atom is -0.496 e. The van der Waals surface area contributed by atoms with E-state index in [9.17, 15) is 0 Å². The first-order valence-corrected chi connectivity index (χ1v) is 5.21. The Kier molecular flexibility index (Phi) is 3.23. The van der Waals surface area contributed by atoms with E-state index in [-0.39, 0.29) is 12.4 Å². The molecular weight excluding hydrogens is 192 g/mol. The Morgan fingerprint density at radius 2 is 2.13 bits per heavy atom. The highest BCUT2D eigenvalue weighted by Crippen LogP contribution is 2.32. The van der Waals surface area contributed by atoms with Gasteiger partial charge in [-0.3, -0.25) is 0 Å². The zero-order chi connectivity index (χ0) is 10.7. The van der Waals surface area contributed by atoms with Crippen molar-refractivity contribution >= 4 is 0 Å². The smallest absolute Gasteiger partial charge is 0.187 e. The highest BCUT2D eigenvalue weighted by molar-refractivity contribution is 5.34. The molecule has 2 rings (SSSR count). The second-order valence-electron chi connectivity index (χ2n) is 3.68. The van der Waals surface area contributed by atoms with E-state index in [2.05, 4.69) is 6.92 Å². The predicted octanol–water partition coefficient (Wildman–Crippen LogP) is 2.52. The fraction of sp³-hybridized carbons (Fsp3) is 0.500. The van der Waals surface area contributed by atoms with E-state index in [0.29, 0.717) is 0 Å². The van der Waals surface area contributed by atoms with Crippen LogP contribution in [0.2, 0.25) is 0 Å². The molecule has 82 valence electrons. The molecule has 1 aromatic carbocycles. The van der Waals surface area contributed by atoms with E-state index in [1.54, 1.807) is 7.11 Å². The Hall–Kier alpha value is -1.06. The van der Waals surface area contributed by atoms with Gasteiger partial charge in [-0.2, -0.15) is 0 Å². The van der Waals surface area contributed by atoms with Gasteiger partial charge in [-0.05, 0) is 19.4 Å². The summed E-state index contributed by atoms with van der Waals surface area (Å²) in [5.74, 6) is 0.816. The van der Waals surface area contributed by atoms with Crippen LogP contribution in [0.4, 0.5) is 0 Å². The molecule has 1 aliphatic heterocycles. The standard InChI is InChI=1S/C12H16O3/c1-9-7-8-14-12(15-9)10-5-3-4-6-11(10)13-2/h3-6,9,12H,7-8H2,1-2H3/t9-,12+/m0/s1. The zero-order valence-corrected chi connectivity index (χ0v) is 9.10. The zero-order valence-electron chi connectivity index (χ0n) is 9.10. The molecule has 3 nitrogen and oxygen atoms in total. The van der Waals surface area contributed by atoms with Crippen molar-refractivity contribution in [3.8, 4) is 5.75 Å². The molecule has 0 spiro atoms. The van der Waals surface area contributed by atoms with E-state index < -0.39 is 0 Å². The number of hydrogen-bond acceptors (Lipinski definition) is 3. The van der Waals surface area contributed by atoms with Crippen LogP contribution >= 0.6 is 0 Å². The van der Waals surface area contributed by atoms with Crippen molar-refractivity contribution < 1.29 is 14.2 Å². The maximum Gasteiger partial charge on any atom is 0.187 e. The summed E-state index contributed by atoms with van der Waals surface area (Å²) in [4.78, 5) is 0. The molecule has 0 N–H and O–H groups in total. The highest BCUT2D eigenvalue weighted by Gasteiger charge is 2.23. The molecule has 0 saturated carbocycles. The Morgan fingerprint density at radius 3 is 2.87 bits per heavy atom. The lowest BCUT2D eigenvalue weighted by molar-refractivity contribution is -0.212. The van der Waals surface area contributed by atoms with E-state index in [1.807, 2.05) is 24.3 Å². The molecule has 15 heavy (non-hydrogen) atoms. The predicted molar refractivity (Wildman–Crippen MR) is 56.9 cm³/mol. The Balaban J connectivity index is 2.20. The van der Waals surface area contributed by atoms with Crippen LogP contribution in [0.1, 0.15) is 25.2 Å². The van der Waals surface area contributed by atoms with Gasteiger partial charge in [0.05, 0.1) is 19.8 Å². The van der Waals surface area contributed by atoms with Crippen molar-refractivity contribution in [2.75, 3.05) is 13.7 Å². The fourth-order valence-electron chi connectivity index (χ4n) is 1.68. The van der Waals surface area contributed by atoms with Crippen LogP contribution in [-0.4, -0.2) is 19.8 Å². The first-order chi connectivity index (χ1) is 7.31. The van der Waals surface area contributed by atoms with Crippen LogP contribution < -0.4 is 4.74 Å². The SMILES string of the molecule is COc1ccccc1[C@@H]1OCC[C@H](C)O1. The number of ether oxygens (including phenoxy) is 3. The van der Waals surface area contributed by atoms with Crippen LogP contribution in [0.25, 0.3) is 0 Å². The van der Waals surface area contributed by atoms with Crippen molar-refractivity contribution in [2.45, 2.75) is 25.7 Å². The molecular formula is C12H16O3. The average Bonchev–Trinajstić information content (AvgIpc) is 2.29. The molecule has 1 aromatic rings. The van der Waals surface area contributed by atoms with Crippen molar-refractivity contribution in [1.29, 1.82) is 0 Å². The highest BCUT2D eigenvalue weighted by atomic mass is 16.7. The second kappa shape index (κ2) is 4.64. The summed E-state index contributed by atoms with van der Waals surface area (Å²) >= 11 is 0.